The van der Waals surface area contributed by atoms with Crippen molar-refractivity contribution in [2.75, 3.05) is 7.11 Å². The van der Waals surface area contributed by atoms with Gasteiger partial charge in [0.25, 0.3) is 0 Å². The Morgan fingerprint density at radius 1 is 0.923 bits per heavy atom. The van der Waals surface area contributed by atoms with E-state index >= 15 is 0 Å². The number of benzene rings is 3. The quantitative estimate of drug-likeness (QED) is 0.605. The number of carboxylic acids is 1. The van der Waals surface area contributed by atoms with Gasteiger partial charge in [-0.25, -0.2) is 4.79 Å². The molecule has 0 bridgehead atoms. The maximum absolute atomic E-state index is 11.3. The number of aliphatic carboxylic acids is 1. The molecule has 0 unspecified atom stereocenters. The molecule has 0 heterocycles. The molecule has 0 aromatic heterocycles. The summed E-state index contributed by atoms with van der Waals surface area (Å²) in [5.74, 6) is -0.469. The van der Waals surface area contributed by atoms with Crippen LogP contribution in [0.5, 0.6) is 5.75 Å². The van der Waals surface area contributed by atoms with E-state index in [1.807, 2.05) is 54.6 Å². The van der Waals surface area contributed by atoms with E-state index in [0.29, 0.717) is 21.9 Å². The second-order valence-electron chi connectivity index (χ2n) is 5.69. The highest BCUT2D eigenvalue weighted by Gasteiger charge is 2.11. The van der Waals surface area contributed by atoms with E-state index in [0.717, 1.165) is 16.7 Å². The smallest absolute Gasteiger partial charge is 0.328 e. The molecular formula is C22H17ClO3. The SMILES string of the molecule is COc1ccc(C(=CC(=O)O)c2ccc(-c3ccccc3)cc2)cc1Cl. The number of hydrogen-bond donors (Lipinski definition) is 1. The molecule has 3 aromatic carbocycles. The molecule has 0 aliphatic heterocycles. The summed E-state index contributed by atoms with van der Waals surface area (Å²) in [6.45, 7) is 0. The third-order valence-corrected chi connectivity index (χ3v) is 4.33. The van der Waals surface area contributed by atoms with Crippen LogP contribution in [0.25, 0.3) is 16.7 Å². The number of ether oxygens (including phenoxy) is 1. The Kier molecular flexibility index (Phi) is 5.40. The molecule has 0 fully saturated rings. The second kappa shape index (κ2) is 7.89. The molecule has 4 heteroatoms. The van der Waals surface area contributed by atoms with Crippen LogP contribution in [0.1, 0.15) is 11.1 Å². The Labute approximate surface area is 157 Å². The Bertz CT molecular complexity index is 945. The molecule has 130 valence electrons. The van der Waals surface area contributed by atoms with E-state index in [2.05, 4.69) is 0 Å². The van der Waals surface area contributed by atoms with Crippen LogP contribution >= 0.6 is 11.6 Å². The molecule has 3 rings (SSSR count). The zero-order valence-corrected chi connectivity index (χ0v) is 14.9. The summed E-state index contributed by atoms with van der Waals surface area (Å²) in [5.41, 5.74) is 4.27. The number of hydrogen-bond acceptors (Lipinski definition) is 2. The highest BCUT2D eigenvalue weighted by atomic mass is 35.5. The summed E-state index contributed by atoms with van der Waals surface area (Å²) in [6.07, 6.45) is 1.19. The van der Waals surface area contributed by atoms with Crippen molar-refractivity contribution in [3.05, 3.63) is 95.0 Å². The second-order valence-corrected chi connectivity index (χ2v) is 6.10. The Balaban J connectivity index is 2.01. The largest absolute Gasteiger partial charge is 0.495 e. The lowest BCUT2D eigenvalue weighted by molar-refractivity contribution is -0.131. The normalized spacial score (nSPS) is 11.2. The first-order valence-corrected chi connectivity index (χ1v) is 8.40. The van der Waals surface area contributed by atoms with Crippen LogP contribution in [0, 0.1) is 0 Å². The summed E-state index contributed by atoms with van der Waals surface area (Å²) in [7, 11) is 1.54. The molecule has 1 N–H and O–H groups in total. The van der Waals surface area contributed by atoms with E-state index in [4.69, 9.17) is 16.3 Å². The summed E-state index contributed by atoms with van der Waals surface area (Å²) in [6, 6.07) is 23.0. The lowest BCUT2D eigenvalue weighted by Crippen LogP contribution is -1.96. The van der Waals surface area contributed by atoms with Crippen LogP contribution in [-0.2, 0) is 4.79 Å². The zero-order chi connectivity index (χ0) is 18.5. The van der Waals surface area contributed by atoms with Crippen molar-refractivity contribution in [3.8, 4) is 16.9 Å². The van der Waals surface area contributed by atoms with Crippen molar-refractivity contribution in [1.29, 1.82) is 0 Å². The Hall–Kier alpha value is -3.04. The van der Waals surface area contributed by atoms with E-state index in [1.165, 1.54) is 13.2 Å². The molecule has 0 amide bonds. The Morgan fingerprint density at radius 2 is 1.54 bits per heavy atom. The molecule has 0 atom stereocenters. The predicted octanol–water partition coefficient (Wildman–Crippen LogP) is 5.53. The van der Waals surface area contributed by atoms with Gasteiger partial charge in [-0.05, 0) is 40.0 Å². The van der Waals surface area contributed by atoms with E-state index in [9.17, 15) is 9.90 Å². The fourth-order valence-electron chi connectivity index (χ4n) is 2.76. The predicted molar refractivity (Wildman–Crippen MR) is 105 cm³/mol. The van der Waals surface area contributed by atoms with E-state index in [1.54, 1.807) is 18.2 Å². The molecule has 0 spiro atoms. The van der Waals surface area contributed by atoms with Crippen LogP contribution in [0.3, 0.4) is 0 Å². The summed E-state index contributed by atoms with van der Waals surface area (Å²) in [4.78, 5) is 11.3. The standard InChI is InChI=1S/C22H17ClO3/c1-26-21-12-11-18(13-20(21)23)19(14-22(24)25)17-9-7-16(8-10-17)15-5-3-2-4-6-15/h2-14H,1H3,(H,24,25). The molecule has 0 radical (unpaired) electrons. The minimum atomic E-state index is -1.01. The van der Waals surface area contributed by atoms with Crippen LogP contribution in [0.2, 0.25) is 5.02 Å². The van der Waals surface area contributed by atoms with Crippen LogP contribution < -0.4 is 4.74 Å². The molecular weight excluding hydrogens is 348 g/mol. The van der Waals surface area contributed by atoms with Crippen molar-refractivity contribution in [3.63, 3.8) is 0 Å². The topological polar surface area (TPSA) is 46.5 Å². The summed E-state index contributed by atoms with van der Waals surface area (Å²) < 4.78 is 5.16. The number of carbonyl (C=O) groups is 1. The third-order valence-electron chi connectivity index (χ3n) is 4.03. The van der Waals surface area contributed by atoms with Gasteiger partial charge in [-0.3, -0.25) is 0 Å². The first kappa shape index (κ1) is 17.8. The van der Waals surface area contributed by atoms with Gasteiger partial charge in [0, 0.05) is 6.08 Å². The average Bonchev–Trinajstić information content (AvgIpc) is 2.67. The van der Waals surface area contributed by atoms with Crippen molar-refractivity contribution in [1.82, 2.24) is 0 Å². The minimum absolute atomic E-state index is 0.433. The number of rotatable bonds is 5. The fourth-order valence-corrected chi connectivity index (χ4v) is 3.02. The molecule has 0 aliphatic carbocycles. The maximum atomic E-state index is 11.3. The van der Waals surface area contributed by atoms with Gasteiger partial charge < -0.3 is 9.84 Å². The molecule has 3 nitrogen and oxygen atoms in total. The van der Waals surface area contributed by atoms with Gasteiger partial charge in [-0.2, -0.15) is 0 Å². The van der Waals surface area contributed by atoms with Crippen LogP contribution in [0.4, 0.5) is 0 Å². The molecule has 0 saturated heterocycles. The summed E-state index contributed by atoms with van der Waals surface area (Å²) in [5, 5.41) is 9.71. The van der Waals surface area contributed by atoms with Gasteiger partial charge in [-0.1, -0.05) is 72.3 Å². The fraction of sp³-hybridized carbons (Fsp3) is 0.0455. The summed E-state index contributed by atoms with van der Waals surface area (Å²) >= 11 is 6.20. The van der Waals surface area contributed by atoms with Gasteiger partial charge in [0.05, 0.1) is 12.1 Å². The van der Waals surface area contributed by atoms with E-state index in [-0.39, 0.29) is 0 Å². The first-order valence-electron chi connectivity index (χ1n) is 8.03. The van der Waals surface area contributed by atoms with Gasteiger partial charge in [0.2, 0.25) is 0 Å². The molecule has 0 aliphatic rings. The van der Waals surface area contributed by atoms with Crippen molar-refractivity contribution < 1.29 is 14.6 Å². The zero-order valence-electron chi connectivity index (χ0n) is 14.1. The molecule has 3 aromatic rings. The minimum Gasteiger partial charge on any atom is -0.495 e. The van der Waals surface area contributed by atoms with Crippen molar-refractivity contribution >= 4 is 23.1 Å². The average molecular weight is 365 g/mol. The lowest BCUT2D eigenvalue weighted by Gasteiger charge is -2.11. The van der Waals surface area contributed by atoms with Crippen LogP contribution in [-0.4, -0.2) is 18.2 Å². The van der Waals surface area contributed by atoms with Crippen LogP contribution in [0.15, 0.2) is 78.9 Å². The molecule has 0 saturated carbocycles. The van der Waals surface area contributed by atoms with Gasteiger partial charge in [-0.15, -0.1) is 0 Å². The maximum Gasteiger partial charge on any atom is 0.328 e. The third kappa shape index (κ3) is 3.95. The monoisotopic (exact) mass is 364 g/mol. The lowest BCUT2D eigenvalue weighted by atomic mass is 9.95. The first-order chi connectivity index (χ1) is 12.6. The van der Waals surface area contributed by atoms with Gasteiger partial charge >= 0.3 is 5.97 Å². The van der Waals surface area contributed by atoms with Gasteiger partial charge in [0.15, 0.2) is 0 Å². The number of methoxy groups -OCH3 is 1. The number of halogens is 1. The highest BCUT2D eigenvalue weighted by molar-refractivity contribution is 6.32. The van der Waals surface area contributed by atoms with Gasteiger partial charge in [0.1, 0.15) is 5.75 Å². The van der Waals surface area contributed by atoms with Crippen molar-refractivity contribution in [2.45, 2.75) is 0 Å². The molecule has 26 heavy (non-hydrogen) atoms. The van der Waals surface area contributed by atoms with Crippen molar-refractivity contribution in [2.24, 2.45) is 0 Å². The highest BCUT2D eigenvalue weighted by Crippen LogP contribution is 2.32. The Morgan fingerprint density at radius 3 is 2.12 bits per heavy atom. The number of carboxylic acid groups (broad SMARTS) is 1. The van der Waals surface area contributed by atoms with E-state index < -0.39 is 5.97 Å².